The predicted molar refractivity (Wildman–Crippen MR) is 60.1 cm³/mol. The fourth-order valence-electron chi connectivity index (χ4n) is 1.59. The summed E-state index contributed by atoms with van der Waals surface area (Å²) in [6.07, 6.45) is -6.77. The molecule has 1 atom stereocenters. The van der Waals surface area contributed by atoms with Gasteiger partial charge in [-0.1, -0.05) is 0 Å². The molecule has 19 heavy (non-hydrogen) atoms. The van der Waals surface area contributed by atoms with Gasteiger partial charge in [-0.2, -0.15) is 13.2 Å². The molecule has 3 N–H and O–H groups in total. The summed E-state index contributed by atoms with van der Waals surface area (Å²) in [5, 5.41) is 0. The number of halogens is 4. The molecular weight excluding hydrogens is 266 g/mol. The van der Waals surface area contributed by atoms with Crippen molar-refractivity contribution in [2.24, 2.45) is 10.7 Å². The first kappa shape index (κ1) is 13.8. The molecule has 1 aromatic rings. The topological polar surface area (TPSA) is 59.6 Å². The first-order valence-electron chi connectivity index (χ1n) is 5.44. The van der Waals surface area contributed by atoms with E-state index in [0.29, 0.717) is 5.69 Å². The molecule has 0 amide bonds. The van der Waals surface area contributed by atoms with E-state index in [0.717, 1.165) is 0 Å². The Morgan fingerprint density at radius 3 is 2.74 bits per heavy atom. The van der Waals surface area contributed by atoms with Crippen LogP contribution in [0.4, 0.5) is 23.2 Å². The number of hydrogen-bond acceptors (Lipinski definition) is 3. The van der Waals surface area contributed by atoms with Crippen molar-refractivity contribution in [3.8, 4) is 0 Å². The minimum atomic E-state index is -4.45. The van der Waals surface area contributed by atoms with Crippen LogP contribution >= 0.6 is 0 Å². The maximum absolute atomic E-state index is 13.2. The summed E-state index contributed by atoms with van der Waals surface area (Å²) in [6, 6.07) is 3.90. The van der Waals surface area contributed by atoms with Crippen molar-refractivity contribution in [2.75, 3.05) is 0 Å². The number of benzene rings is 1. The molecule has 1 saturated heterocycles. The molecule has 0 aromatic heterocycles. The van der Waals surface area contributed by atoms with E-state index < -0.39 is 24.5 Å². The second-order valence-electron chi connectivity index (χ2n) is 3.99. The second kappa shape index (κ2) is 5.14. The largest absolute Gasteiger partial charge is 0.417 e. The molecule has 4 nitrogen and oxygen atoms in total. The van der Waals surface area contributed by atoms with Gasteiger partial charge in [0, 0.05) is 18.5 Å². The minimum Gasteiger partial charge on any atom is -0.326 e. The lowest BCUT2D eigenvalue weighted by Gasteiger charge is -2.10. The molecule has 104 valence electrons. The van der Waals surface area contributed by atoms with Crippen LogP contribution in [0.5, 0.6) is 0 Å². The normalized spacial score (nSPS) is 21.7. The molecule has 2 rings (SSSR count). The third-order valence-corrected chi connectivity index (χ3v) is 2.58. The first-order valence-corrected chi connectivity index (χ1v) is 5.44. The molecule has 0 spiro atoms. The highest BCUT2D eigenvalue weighted by Gasteiger charge is 2.45. The quantitative estimate of drug-likeness (QED) is 0.814. The Labute approximate surface area is 106 Å². The van der Waals surface area contributed by atoms with Gasteiger partial charge in [0.25, 0.3) is 0 Å². The lowest BCUT2D eigenvalue weighted by molar-refractivity contribution is -0.218. The van der Waals surface area contributed by atoms with Crippen molar-refractivity contribution in [1.82, 2.24) is 5.48 Å². The summed E-state index contributed by atoms with van der Waals surface area (Å²) in [5.74, 6) is -0.438. The van der Waals surface area contributed by atoms with Crippen molar-refractivity contribution >= 4 is 11.5 Å². The van der Waals surface area contributed by atoms with Gasteiger partial charge in [0.1, 0.15) is 11.7 Å². The fourth-order valence-corrected chi connectivity index (χ4v) is 1.59. The lowest BCUT2D eigenvalue weighted by Crippen LogP contribution is -2.28. The summed E-state index contributed by atoms with van der Waals surface area (Å²) in [5.41, 5.74) is 8.01. The zero-order chi connectivity index (χ0) is 14.0. The van der Waals surface area contributed by atoms with Gasteiger partial charge in [0.05, 0.1) is 5.69 Å². The minimum absolute atomic E-state index is 0.0143. The van der Waals surface area contributed by atoms with Gasteiger partial charge >= 0.3 is 6.18 Å². The van der Waals surface area contributed by atoms with Crippen molar-refractivity contribution in [2.45, 2.75) is 25.2 Å². The Bertz CT molecular complexity index is 501. The SMILES string of the molecule is NCc1cc(N=C2CC(C(F)(F)F)ON2)ccc1F. The molecule has 1 aliphatic heterocycles. The summed E-state index contributed by atoms with van der Waals surface area (Å²) in [4.78, 5) is 8.31. The van der Waals surface area contributed by atoms with Crippen LogP contribution < -0.4 is 11.2 Å². The predicted octanol–water partition coefficient (Wildman–Crippen LogP) is 2.17. The Balaban J connectivity index is 2.15. The van der Waals surface area contributed by atoms with Crippen LogP contribution in [-0.2, 0) is 11.4 Å². The molecular formula is C11H11F4N3O. The van der Waals surface area contributed by atoms with Crippen LogP contribution in [0.3, 0.4) is 0 Å². The van der Waals surface area contributed by atoms with Crippen LogP contribution in [0.2, 0.25) is 0 Å². The van der Waals surface area contributed by atoms with E-state index in [1.165, 1.54) is 18.2 Å². The van der Waals surface area contributed by atoms with Gasteiger partial charge in [-0.25, -0.2) is 9.38 Å². The first-order chi connectivity index (χ1) is 8.90. The van der Waals surface area contributed by atoms with E-state index >= 15 is 0 Å². The van der Waals surface area contributed by atoms with Gasteiger partial charge in [-0.3, -0.25) is 10.3 Å². The zero-order valence-corrected chi connectivity index (χ0v) is 9.67. The third kappa shape index (κ3) is 3.21. The average Bonchev–Trinajstić information content (AvgIpc) is 2.80. The Hall–Kier alpha value is -1.67. The van der Waals surface area contributed by atoms with E-state index in [-0.39, 0.29) is 17.9 Å². The number of hydrogen-bond donors (Lipinski definition) is 2. The molecule has 1 heterocycles. The average molecular weight is 277 g/mol. The highest BCUT2D eigenvalue weighted by molar-refractivity contribution is 5.85. The van der Waals surface area contributed by atoms with Gasteiger partial charge in [-0.15, -0.1) is 0 Å². The maximum Gasteiger partial charge on any atom is 0.417 e. The molecule has 0 aliphatic carbocycles. The summed E-state index contributed by atoms with van der Waals surface area (Å²) < 4.78 is 50.3. The summed E-state index contributed by atoms with van der Waals surface area (Å²) >= 11 is 0. The van der Waals surface area contributed by atoms with Crippen LogP contribution in [0.25, 0.3) is 0 Å². The van der Waals surface area contributed by atoms with Gasteiger partial charge in [0.15, 0.2) is 6.10 Å². The molecule has 0 radical (unpaired) electrons. The van der Waals surface area contributed by atoms with Crippen LogP contribution in [0.15, 0.2) is 23.2 Å². The van der Waals surface area contributed by atoms with Crippen molar-refractivity contribution < 1.29 is 22.4 Å². The van der Waals surface area contributed by atoms with Crippen molar-refractivity contribution in [1.29, 1.82) is 0 Å². The highest BCUT2D eigenvalue weighted by Crippen LogP contribution is 2.28. The molecule has 1 unspecified atom stereocenters. The van der Waals surface area contributed by atoms with E-state index in [9.17, 15) is 17.6 Å². The van der Waals surface area contributed by atoms with Gasteiger partial charge < -0.3 is 5.73 Å². The van der Waals surface area contributed by atoms with Crippen LogP contribution in [0.1, 0.15) is 12.0 Å². The van der Waals surface area contributed by atoms with E-state index in [1.54, 1.807) is 0 Å². The number of nitrogens with one attached hydrogen (secondary N) is 1. The molecule has 8 heteroatoms. The van der Waals surface area contributed by atoms with E-state index in [4.69, 9.17) is 5.73 Å². The van der Waals surface area contributed by atoms with Crippen molar-refractivity contribution in [3.05, 3.63) is 29.6 Å². The zero-order valence-electron chi connectivity index (χ0n) is 9.67. The molecule has 0 bridgehead atoms. The summed E-state index contributed by atoms with van der Waals surface area (Å²) in [7, 11) is 0. The number of nitrogens with two attached hydrogens (primary N) is 1. The number of alkyl halides is 3. The molecule has 1 aromatic carbocycles. The van der Waals surface area contributed by atoms with Gasteiger partial charge in [0.2, 0.25) is 0 Å². The van der Waals surface area contributed by atoms with Crippen molar-refractivity contribution in [3.63, 3.8) is 0 Å². The standard InChI is InChI=1S/C11H11F4N3O/c12-8-2-1-7(3-6(8)5-16)17-10-4-9(19-18-10)11(13,14)15/h1-3,9H,4-5,16H2,(H,17,18). The van der Waals surface area contributed by atoms with Gasteiger partial charge in [-0.05, 0) is 18.2 Å². The Morgan fingerprint density at radius 1 is 1.42 bits per heavy atom. The Morgan fingerprint density at radius 2 is 2.16 bits per heavy atom. The second-order valence-corrected chi connectivity index (χ2v) is 3.99. The lowest BCUT2D eigenvalue weighted by atomic mass is 10.2. The van der Waals surface area contributed by atoms with E-state index in [1.807, 2.05) is 0 Å². The molecule has 1 aliphatic rings. The highest BCUT2D eigenvalue weighted by atomic mass is 19.4. The number of nitrogens with zero attached hydrogens (tertiary/aromatic N) is 1. The van der Waals surface area contributed by atoms with Crippen LogP contribution in [-0.4, -0.2) is 18.1 Å². The molecule has 0 saturated carbocycles. The van der Waals surface area contributed by atoms with Crippen LogP contribution in [0, 0.1) is 5.82 Å². The molecule has 1 fully saturated rings. The Kier molecular flexibility index (Phi) is 3.72. The number of rotatable bonds is 2. The smallest absolute Gasteiger partial charge is 0.326 e. The third-order valence-electron chi connectivity index (χ3n) is 2.58. The van der Waals surface area contributed by atoms with E-state index in [2.05, 4.69) is 15.3 Å². The summed E-state index contributed by atoms with van der Waals surface area (Å²) in [6.45, 7) is -0.0143. The number of aliphatic imine (C=N–C) groups is 1. The maximum atomic E-state index is 13.2. The number of amidine groups is 1. The fraction of sp³-hybridized carbons (Fsp3) is 0.364. The monoisotopic (exact) mass is 277 g/mol. The number of hydroxylamine groups is 1.